The molecule has 82 valence electrons. The van der Waals surface area contributed by atoms with Crippen LogP contribution in [0.5, 0.6) is 0 Å². The number of hydrogen-bond acceptors (Lipinski definition) is 2. The Morgan fingerprint density at radius 3 is 2.08 bits per heavy atom. The van der Waals surface area contributed by atoms with Crippen molar-refractivity contribution in [3.8, 4) is 0 Å². The van der Waals surface area contributed by atoms with Crippen molar-refractivity contribution in [2.75, 3.05) is 33.7 Å². The third-order valence-electron chi connectivity index (χ3n) is 1.83. The second-order valence-electron chi connectivity index (χ2n) is 3.59. The second kappa shape index (κ2) is 11.9. The molecule has 0 bridgehead atoms. The van der Waals surface area contributed by atoms with Crippen LogP contribution in [-0.2, 0) is 0 Å². The van der Waals surface area contributed by atoms with Crippen molar-refractivity contribution < 1.29 is 0 Å². The summed E-state index contributed by atoms with van der Waals surface area (Å²) in [6.45, 7) is 12.0. The molecule has 1 N–H and O–H groups in total. The van der Waals surface area contributed by atoms with E-state index in [1.807, 2.05) is 20.9 Å². The van der Waals surface area contributed by atoms with Crippen molar-refractivity contribution in [1.29, 1.82) is 0 Å². The molecule has 0 aliphatic rings. The maximum atomic E-state index is 3.14. The molecule has 0 aliphatic carbocycles. The topological polar surface area (TPSA) is 15.3 Å². The Bertz CT molecular complexity index is 82.2. The molecular formula is C11H28N2. The summed E-state index contributed by atoms with van der Waals surface area (Å²) < 4.78 is 0. The highest BCUT2D eigenvalue weighted by Gasteiger charge is 1.98. The lowest BCUT2D eigenvalue weighted by Gasteiger charge is -2.17. The van der Waals surface area contributed by atoms with Gasteiger partial charge in [0.2, 0.25) is 0 Å². The predicted octanol–water partition coefficient (Wildman–Crippen LogP) is 2.21. The van der Waals surface area contributed by atoms with Gasteiger partial charge in [-0.3, -0.25) is 0 Å². The fourth-order valence-corrected chi connectivity index (χ4v) is 0.893. The molecule has 0 radical (unpaired) electrons. The quantitative estimate of drug-likeness (QED) is 0.687. The van der Waals surface area contributed by atoms with Gasteiger partial charge in [0.1, 0.15) is 0 Å². The lowest BCUT2D eigenvalue weighted by molar-refractivity contribution is 0.312. The van der Waals surface area contributed by atoms with E-state index in [1.165, 1.54) is 13.0 Å². The third-order valence-corrected chi connectivity index (χ3v) is 1.83. The Labute approximate surface area is 84.7 Å². The molecule has 0 aromatic carbocycles. The second-order valence-corrected chi connectivity index (χ2v) is 3.59. The molecule has 2 heteroatoms. The highest BCUT2D eigenvalue weighted by atomic mass is 15.1. The van der Waals surface area contributed by atoms with Gasteiger partial charge in [0, 0.05) is 13.1 Å². The number of rotatable bonds is 6. The Morgan fingerprint density at radius 1 is 1.15 bits per heavy atom. The number of likely N-dealkylation sites (N-methyl/N-ethyl adjacent to an activating group) is 2. The minimum absolute atomic E-state index is 0.826. The number of hydrogen-bond donors (Lipinski definition) is 1. The lowest BCUT2D eigenvalue weighted by atomic mass is 10.1. The summed E-state index contributed by atoms with van der Waals surface area (Å²) in [6.07, 6.45) is 1.31. The molecule has 0 amide bonds. The van der Waals surface area contributed by atoms with Crippen LogP contribution in [0.4, 0.5) is 0 Å². The Morgan fingerprint density at radius 2 is 1.69 bits per heavy atom. The summed E-state index contributed by atoms with van der Waals surface area (Å²) in [5.74, 6) is 0.826. The van der Waals surface area contributed by atoms with Gasteiger partial charge < -0.3 is 10.2 Å². The molecule has 0 rings (SSSR count). The fourth-order valence-electron chi connectivity index (χ4n) is 0.893. The monoisotopic (exact) mass is 188 g/mol. The summed E-state index contributed by atoms with van der Waals surface area (Å²) in [4.78, 5) is 2.37. The highest BCUT2D eigenvalue weighted by Crippen LogP contribution is 1.99. The smallest absolute Gasteiger partial charge is 0.0104 e. The van der Waals surface area contributed by atoms with E-state index in [0.29, 0.717) is 0 Å². The van der Waals surface area contributed by atoms with E-state index < -0.39 is 0 Å². The van der Waals surface area contributed by atoms with E-state index in [1.54, 1.807) is 0 Å². The van der Waals surface area contributed by atoms with Gasteiger partial charge in [-0.05, 0) is 33.0 Å². The van der Waals surface area contributed by atoms with Crippen LogP contribution < -0.4 is 5.32 Å². The van der Waals surface area contributed by atoms with Crippen molar-refractivity contribution in [1.82, 2.24) is 10.2 Å². The first-order valence-electron chi connectivity index (χ1n) is 5.50. The number of nitrogens with one attached hydrogen (secondary N) is 1. The third kappa shape index (κ3) is 14.7. The fraction of sp³-hybridized carbons (Fsp3) is 1.00. The van der Waals surface area contributed by atoms with E-state index in [9.17, 15) is 0 Å². The van der Waals surface area contributed by atoms with E-state index >= 15 is 0 Å². The maximum Gasteiger partial charge on any atom is 0.0104 e. The van der Waals surface area contributed by atoms with Gasteiger partial charge in [0.05, 0.1) is 0 Å². The molecule has 0 fully saturated rings. The zero-order valence-electron chi connectivity index (χ0n) is 10.4. The van der Waals surface area contributed by atoms with E-state index in [-0.39, 0.29) is 0 Å². The van der Waals surface area contributed by atoms with Crippen molar-refractivity contribution >= 4 is 0 Å². The summed E-state index contributed by atoms with van der Waals surface area (Å²) in [5.41, 5.74) is 0. The molecule has 0 atom stereocenters. The Kier molecular flexibility index (Phi) is 14.1. The van der Waals surface area contributed by atoms with Gasteiger partial charge in [0.15, 0.2) is 0 Å². The summed E-state index contributed by atoms with van der Waals surface area (Å²) >= 11 is 0. The van der Waals surface area contributed by atoms with Gasteiger partial charge in [0.25, 0.3) is 0 Å². The van der Waals surface area contributed by atoms with Crippen LogP contribution in [0.15, 0.2) is 0 Å². The first-order valence-corrected chi connectivity index (χ1v) is 5.50. The van der Waals surface area contributed by atoms with Crippen LogP contribution in [0.1, 0.15) is 34.1 Å². The summed E-state index contributed by atoms with van der Waals surface area (Å²) in [6, 6.07) is 0. The van der Waals surface area contributed by atoms with Gasteiger partial charge in [-0.25, -0.2) is 0 Å². The van der Waals surface area contributed by atoms with E-state index in [2.05, 4.69) is 31.1 Å². The van der Waals surface area contributed by atoms with Gasteiger partial charge in [-0.15, -0.1) is 0 Å². The Hall–Kier alpha value is -0.0800. The molecule has 13 heavy (non-hydrogen) atoms. The Balaban J connectivity index is 0. The predicted molar refractivity (Wildman–Crippen MR) is 62.2 cm³/mol. The van der Waals surface area contributed by atoms with Crippen molar-refractivity contribution in [2.24, 2.45) is 5.92 Å². The summed E-state index contributed by atoms with van der Waals surface area (Å²) in [7, 11) is 4.18. The van der Waals surface area contributed by atoms with Crippen LogP contribution in [0, 0.1) is 5.92 Å². The SMILES string of the molecule is CC.CNCCN(C)CCC(C)C. The molecule has 0 aromatic rings. The molecular weight excluding hydrogens is 160 g/mol. The lowest BCUT2D eigenvalue weighted by Crippen LogP contribution is -2.28. The molecule has 0 saturated heterocycles. The molecule has 0 aromatic heterocycles. The van der Waals surface area contributed by atoms with Crippen LogP contribution >= 0.6 is 0 Å². The molecule has 0 heterocycles. The van der Waals surface area contributed by atoms with Crippen molar-refractivity contribution in [2.45, 2.75) is 34.1 Å². The average Bonchev–Trinajstić information content (AvgIpc) is 2.14. The first-order chi connectivity index (χ1) is 6.16. The maximum absolute atomic E-state index is 3.14. The minimum atomic E-state index is 0.826. The molecule has 2 nitrogen and oxygen atoms in total. The van der Waals surface area contributed by atoms with Crippen molar-refractivity contribution in [3.05, 3.63) is 0 Å². The van der Waals surface area contributed by atoms with E-state index in [4.69, 9.17) is 0 Å². The largest absolute Gasteiger partial charge is 0.318 e. The summed E-state index contributed by atoms with van der Waals surface area (Å²) in [5, 5.41) is 3.14. The molecule has 0 saturated carbocycles. The highest BCUT2D eigenvalue weighted by molar-refractivity contribution is 4.54. The first kappa shape index (κ1) is 15.4. The minimum Gasteiger partial charge on any atom is -0.318 e. The average molecular weight is 188 g/mol. The molecule has 0 unspecified atom stereocenters. The van der Waals surface area contributed by atoms with Gasteiger partial charge in [-0.1, -0.05) is 27.7 Å². The van der Waals surface area contributed by atoms with Gasteiger partial charge >= 0.3 is 0 Å². The molecule has 0 aliphatic heterocycles. The number of nitrogens with zero attached hydrogens (tertiary/aromatic N) is 1. The van der Waals surface area contributed by atoms with Gasteiger partial charge in [-0.2, -0.15) is 0 Å². The van der Waals surface area contributed by atoms with Crippen molar-refractivity contribution in [3.63, 3.8) is 0 Å². The van der Waals surface area contributed by atoms with Crippen LogP contribution in [0.2, 0.25) is 0 Å². The zero-order valence-corrected chi connectivity index (χ0v) is 10.4. The molecule has 0 spiro atoms. The van der Waals surface area contributed by atoms with Crippen LogP contribution in [0.3, 0.4) is 0 Å². The van der Waals surface area contributed by atoms with Crippen LogP contribution in [-0.4, -0.2) is 38.6 Å². The van der Waals surface area contributed by atoms with E-state index in [0.717, 1.165) is 19.0 Å². The van der Waals surface area contributed by atoms with Crippen LogP contribution in [0.25, 0.3) is 0 Å². The standard InChI is InChI=1S/C9H22N2.C2H6/c1-9(2)5-7-11(4)8-6-10-3;1-2/h9-10H,5-8H2,1-4H3;1-2H3. The zero-order chi connectivity index (χ0) is 10.7. The normalized spacial score (nSPS) is 10.2.